The largest absolute Gasteiger partial charge is 0.0654 e. The summed E-state index contributed by atoms with van der Waals surface area (Å²) >= 11 is 0. The first-order valence-electron chi connectivity index (χ1n) is 16.2. The van der Waals surface area contributed by atoms with Crippen LogP contribution in [0.2, 0.25) is 0 Å². The number of hydrogen-bond donors (Lipinski definition) is 0. The van der Waals surface area contributed by atoms with Gasteiger partial charge in [-0.2, -0.15) is 0 Å². The van der Waals surface area contributed by atoms with Crippen molar-refractivity contribution in [3.8, 4) is 0 Å². The molecule has 0 saturated heterocycles. The fraction of sp³-hybridized carbons (Fsp3) is 1.00. The fourth-order valence-electron chi connectivity index (χ4n) is 5.41. The Morgan fingerprint density at radius 1 is 0.273 bits per heavy atom. The summed E-state index contributed by atoms with van der Waals surface area (Å²) in [6.45, 7) is 9.60. The van der Waals surface area contributed by atoms with E-state index >= 15 is 0 Å². The van der Waals surface area contributed by atoms with Gasteiger partial charge in [0.25, 0.3) is 0 Å². The topological polar surface area (TPSA) is 0 Å². The van der Waals surface area contributed by atoms with Gasteiger partial charge in [0.15, 0.2) is 0 Å². The van der Waals surface area contributed by atoms with Gasteiger partial charge in [0.1, 0.15) is 0 Å². The van der Waals surface area contributed by atoms with Gasteiger partial charge in [0.2, 0.25) is 0 Å². The molecule has 0 aliphatic heterocycles. The first-order chi connectivity index (χ1) is 16.2. The van der Waals surface area contributed by atoms with Crippen LogP contribution in [0.5, 0.6) is 0 Å². The number of rotatable bonds is 28. The number of unbranched alkanes of at least 4 members (excludes halogenated alkanes) is 20. The third kappa shape index (κ3) is 28.1. The van der Waals surface area contributed by atoms with Gasteiger partial charge in [0, 0.05) is 0 Å². The second-order valence-electron chi connectivity index (χ2n) is 11.8. The molecule has 0 heterocycles. The Labute approximate surface area is 212 Å². The first-order valence-corrected chi connectivity index (χ1v) is 16.2. The molecule has 0 radical (unpaired) electrons. The van der Waals surface area contributed by atoms with E-state index in [0.717, 1.165) is 11.8 Å². The van der Waals surface area contributed by atoms with Crippen LogP contribution in [0.4, 0.5) is 0 Å². The van der Waals surface area contributed by atoms with E-state index in [1.165, 1.54) is 173 Å². The summed E-state index contributed by atoms with van der Waals surface area (Å²) < 4.78 is 0. The summed E-state index contributed by atoms with van der Waals surface area (Å²) in [5.41, 5.74) is 0. The lowest BCUT2D eigenvalue weighted by Crippen LogP contribution is -1.97. The highest BCUT2D eigenvalue weighted by atomic mass is 14.1. The maximum Gasteiger partial charge on any atom is -0.0443 e. The van der Waals surface area contributed by atoms with E-state index in [1.54, 1.807) is 0 Å². The second-order valence-corrected chi connectivity index (χ2v) is 11.8. The molecule has 0 aliphatic carbocycles. The van der Waals surface area contributed by atoms with Crippen molar-refractivity contribution in [2.24, 2.45) is 11.8 Å². The SMILES string of the molecule is CCCCCCCCCCCCCCCCCC(C)CCCCCC(C)CCCCCCC. The predicted molar refractivity (Wildman–Crippen MR) is 154 cm³/mol. The molecule has 0 aromatic carbocycles. The summed E-state index contributed by atoms with van der Waals surface area (Å²) in [6.07, 6.45) is 39.6. The van der Waals surface area contributed by atoms with E-state index in [0.29, 0.717) is 0 Å². The number of hydrogen-bond acceptors (Lipinski definition) is 0. The Bertz CT molecular complexity index is 333. The van der Waals surface area contributed by atoms with Crippen LogP contribution < -0.4 is 0 Å². The molecule has 0 aromatic heterocycles. The summed E-state index contributed by atoms with van der Waals surface area (Å²) in [5.74, 6) is 1.92. The molecule has 0 N–H and O–H groups in total. The minimum absolute atomic E-state index is 0.961. The molecule has 0 nitrogen and oxygen atoms in total. The lowest BCUT2D eigenvalue weighted by atomic mass is 9.93. The maximum atomic E-state index is 2.50. The highest BCUT2D eigenvalue weighted by Crippen LogP contribution is 2.21. The summed E-state index contributed by atoms with van der Waals surface area (Å²) in [4.78, 5) is 0. The van der Waals surface area contributed by atoms with Crippen molar-refractivity contribution in [3.63, 3.8) is 0 Å². The van der Waals surface area contributed by atoms with Crippen LogP contribution in [0.15, 0.2) is 0 Å². The normalized spacial score (nSPS) is 13.5. The van der Waals surface area contributed by atoms with E-state index < -0.39 is 0 Å². The monoisotopic (exact) mass is 465 g/mol. The van der Waals surface area contributed by atoms with Crippen LogP contribution in [-0.4, -0.2) is 0 Å². The Hall–Kier alpha value is 0. The van der Waals surface area contributed by atoms with E-state index in [2.05, 4.69) is 27.7 Å². The zero-order chi connectivity index (χ0) is 24.2. The Kier molecular flexibility index (Phi) is 28.2. The minimum Gasteiger partial charge on any atom is -0.0654 e. The zero-order valence-corrected chi connectivity index (χ0v) is 24.2. The third-order valence-corrected chi connectivity index (χ3v) is 7.99. The Morgan fingerprint density at radius 3 is 0.697 bits per heavy atom. The molecule has 0 heteroatoms. The van der Waals surface area contributed by atoms with Crippen LogP contribution in [0.3, 0.4) is 0 Å². The van der Waals surface area contributed by atoms with E-state index in [-0.39, 0.29) is 0 Å². The molecule has 0 spiro atoms. The molecule has 0 bridgehead atoms. The molecule has 2 unspecified atom stereocenters. The van der Waals surface area contributed by atoms with Gasteiger partial charge in [-0.25, -0.2) is 0 Å². The van der Waals surface area contributed by atoms with Gasteiger partial charge in [-0.05, 0) is 11.8 Å². The van der Waals surface area contributed by atoms with Gasteiger partial charge >= 0.3 is 0 Å². The fourth-order valence-corrected chi connectivity index (χ4v) is 5.41. The average molecular weight is 465 g/mol. The van der Waals surface area contributed by atoms with Gasteiger partial charge < -0.3 is 0 Å². The second kappa shape index (κ2) is 28.2. The molecule has 0 fully saturated rings. The molecular formula is C33H68. The third-order valence-electron chi connectivity index (χ3n) is 7.99. The Balaban J connectivity index is 3.22. The van der Waals surface area contributed by atoms with Gasteiger partial charge in [-0.1, -0.05) is 201 Å². The molecule has 200 valence electrons. The van der Waals surface area contributed by atoms with Crippen molar-refractivity contribution < 1.29 is 0 Å². The smallest absolute Gasteiger partial charge is 0.0443 e. The minimum atomic E-state index is 0.961. The molecule has 0 amide bonds. The van der Waals surface area contributed by atoms with Gasteiger partial charge in [-0.3, -0.25) is 0 Å². The van der Waals surface area contributed by atoms with Crippen LogP contribution in [0, 0.1) is 11.8 Å². The Morgan fingerprint density at radius 2 is 0.455 bits per heavy atom. The van der Waals surface area contributed by atoms with Crippen LogP contribution in [-0.2, 0) is 0 Å². The first kappa shape index (κ1) is 33.0. The highest BCUT2D eigenvalue weighted by molar-refractivity contribution is 4.58. The van der Waals surface area contributed by atoms with Crippen LogP contribution in [0.1, 0.15) is 201 Å². The van der Waals surface area contributed by atoms with Crippen molar-refractivity contribution in [2.75, 3.05) is 0 Å². The molecule has 0 rings (SSSR count). The van der Waals surface area contributed by atoms with Crippen molar-refractivity contribution in [2.45, 2.75) is 201 Å². The summed E-state index contributed by atoms with van der Waals surface area (Å²) in [6, 6.07) is 0. The standard InChI is InChI=1S/C33H68/c1-5-7-9-11-12-13-14-15-16-17-18-19-20-22-25-29-33(4)31-27-23-26-30-32(3)28-24-21-10-8-6-2/h32-33H,5-31H2,1-4H3. The van der Waals surface area contributed by atoms with E-state index in [4.69, 9.17) is 0 Å². The lowest BCUT2D eigenvalue weighted by Gasteiger charge is -2.13. The van der Waals surface area contributed by atoms with Crippen molar-refractivity contribution in [1.82, 2.24) is 0 Å². The lowest BCUT2D eigenvalue weighted by molar-refractivity contribution is 0.407. The highest BCUT2D eigenvalue weighted by Gasteiger charge is 2.05. The van der Waals surface area contributed by atoms with Crippen LogP contribution in [0.25, 0.3) is 0 Å². The van der Waals surface area contributed by atoms with Crippen LogP contribution >= 0.6 is 0 Å². The molecular weight excluding hydrogens is 396 g/mol. The molecule has 0 aliphatic rings. The van der Waals surface area contributed by atoms with Gasteiger partial charge in [-0.15, -0.1) is 0 Å². The molecule has 0 aromatic rings. The van der Waals surface area contributed by atoms with Crippen molar-refractivity contribution >= 4 is 0 Å². The summed E-state index contributed by atoms with van der Waals surface area (Å²) in [5, 5.41) is 0. The zero-order valence-electron chi connectivity index (χ0n) is 24.2. The quantitative estimate of drug-likeness (QED) is 0.101. The maximum absolute atomic E-state index is 2.50. The van der Waals surface area contributed by atoms with Gasteiger partial charge in [0.05, 0.1) is 0 Å². The van der Waals surface area contributed by atoms with Crippen molar-refractivity contribution in [3.05, 3.63) is 0 Å². The van der Waals surface area contributed by atoms with E-state index in [9.17, 15) is 0 Å². The molecule has 0 saturated carbocycles. The molecule has 33 heavy (non-hydrogen) atoms. The summed E-state index contributed by atoms with van der Waals surface area (Å²) in [7, 11) is 0. The predicted octanol–water partition coefficient (Wildman–Crippen LogP) is 12.8. The molecule has 2 atom stereocenters. The average Bonchev–Trinajstić information content (AvgIpc) is 2.81. The van der Waals surface area contributed by atoms with Crippen molar-refractivity contribution in [1.29, 1.82) is 0 Å². The van der Waals surface area contributed by atoms with E-state index in [1.807, 2.05) is 0 Å².